The van der Waals surface area contributed by atoms with Crippen LogP contribution in [0.5, 0.6) is 0 Å². The fourth-order valence-corrected chi connectivity index (χ4v) is 2.87. The number of nitrogens with zero attached hydrogens (tertiary/aromatic N) is 3. The second-order valence-corrected chi connectivity index (χ2v) is 5.91. The molecular weight excluding hydrogens is 292 g/mol. The third-order valence-corrected chi connectivity index (χ3v) is 4.23. The Kier molecular flexibility index (Phi) is 4.50. The van der Waals surface area contributed by atoms with Crippen molar-refractivity contribution in [3.63, 3.8) is 0 Å². The quantitative estimate of drug-likeness (QED) is 0.936. The summed E-state index contributed by atoms with van der Waals surface area (Å²) in [5.74, 6) is -0.158. The lowest BCUT2D eigenvalue weighted by Crippen LogP contribution is -2.40. The summed E-state index contributed by atoms with van der Waals surface area (Å²) in [6.45, 7) is 1.70. The number of carbonyl (C=O) groups is 1. The molecule has 2 aromatic rings. The number of amides is 1. The first kappa shape index (κ1) is 15.4. The smallest absolute Gasteiger partial charge is 0.267 e. The second kappa shape index (κ2) is 6.73. The molecule has 2 aromatic heterocycles. The third kappa shape index (κ3) is 3.47. The molecule has 6 heteroatoms. The third-order valence-electron chi connectivity index (χ3n) is 4.23. The first-order chi connectivity index (χ1) is 11.1. The molecule has 0 radical (unpaired) electrons. The average molecular weight is 312 g/mol. The molecule has 3 rings (SSSR count). The number of hydrogen-bond donors (Lipinski definition) is 1. The average Bonchev–Trinajstić information content (AvgIpc) is 3.08. The van der Waals surface area contributed by atoms with Crippen LogP contribution in [0.4, 0.5) is 0 Å². The molecule has 0 aromatic carbocycles. The monoisotopic (exact) mass is 312 g/mol. The first-order valence-electron chi connectivity index (χ1n) is 7.96. The van der Waals surface area contributed by atoms with Crippen molar-refractivity contribution in [2.45, 2.75) is 44.7 Å². The van der Waals surface area contributed by atoms with Gasteiger partial charge in [0.15, 0.2) is 0 Å². The van der Waals surface area contributed by atoms with Crippen molar-refractivity contribution in [1.29, 1.82) is 0 Å². The predicted octanol–water partition coefficient (Wildman–Crippen LogP) is 1.93. The van der Waals surface area contributed by atoms with E-state index in [1.54, 1.807) is 25.4 Å². The fraction of sp³-hybridized carbons (Fsp3) is 0.412. The molecule has 1 aliphatic carbocycles. The largest absolute Gasteiger partial charge is 0.352 e. The molecule has 1 amide bonds. The minimum atomic E-state index is -0.639. The Hall–Kier alpha value is -2.50. The van der Waals surface area contributed by atoms with Crippen LogP contribution in [0.25, 0.3) is 11.3 Å². The summed E-state index contributed by atoms with van der Waals surface area (Å²) in [4.78, 5) is 28.5. The maximum absolute atomic E-state index is 12.4. The molecule has 0 spiro atoms. The van der Waals surface area contributed by atoms with E-state index in [9.17, 15) is 9.59 Å². The molecule has 1 atom stereocenters. The van der Waals surface area contributed by atoms with Crippen LogP contribution in [0, 0.1) is 0 Å². The molecule has 1 aliphatic rings. The number of pyridine rings is 1. The van der Waals surface area contributed by atoms with Crippen LogP contribution in [0.15, 0.2) is 41.5 Å². The number of rotatable bonds is 4. The van der Waals surface area contributed by atoms with Gasteiger partial charge in [0.05, 0.1) is 5.69 Å². The van der Waals surface area contributed by atoms with E-state index in [1.165, 1.54) is 10.7 Å². The topological polar surface area (TPSA) is 76.9 Å². The number of nitrogens with one attached hydrogen (secondary N) is 1. The highest BCUT2D eigenvalue weighted by Gasteiger charge is 2.23. The maximum Gasteiger partial charge on any atom is 0.267 e. The highest BCUT2D eigenvalue weighted by atomic mass is 16.2. The molecule has 6 nitrogen and oxygen atoms in total. The lowest BCUT2D eigenvalue weighted by molar-refractivity contribution is -0.124. The van der Waals surface area contributed by atoms with Crippen molar-refractivity contribution < 1.29 is 4.79 Å². The summed E-state index contributed by atoms with van der Waals surface area (Å²) < 4.78 is 1.24. The lowest BCUT2D eigenvalue weighted by Gasteiger charge is -2.18. The van der Waals surface area contributed by atoms with Gasteiger partial charge in [-0.05, 0) is 38.0 Å². The van der Waals surface area contributed by atoms with Gasteiger partial charge in [0.2, 0.25) is 5.91 Å². The molecule has 23 heavy (non-hydrogen) atoms. The van der Waals surface area contributed by atoms with E-state index in [4.69, 9.17) is 0 Å². The van der Waals surface area contributed by atoms with Gasteiger partial charge in [-0.25, -0.2) is 4.68 Å². The minimum Gasteiger partial charge on any atom is -0.352 e. The molecule has 0 aliphatic heterocycles. The van der Waals surface area contributed by atoms with Crippen LogP contribution in [0.2, 0.25) is 0 Å². The number of hydrogen-bond acceptors (Lipinski definition) is 4. The molecule has 1 fully saturated rings. The molecule has 0 saturated heterocycles. The Balaban J connectivity index is 1.83. The summed E-state index contributed by atoms with van der Waals surface area (Å²) in [7, 11) is 0. The molecule has 1 unspecified atom stereocenters. The lowest BCUT2D eigenvalue weighted by atomic mass is 10.2. The van der Waals surface area contributed by atoms with Crippen LogP contribution in [-0.2, 0) is 4.79 Å². The van der Waals surface area contributed by atoms with Gasteiger partial charge < -0.3 is 5.32 Å². The summed E-state index contributed by atoms with van der Waals surface area (Å²) in [6.07, 6.45) is 7.67. The zero-order chi connectivity index (χ0) is 16.2. The van der Waals surface area contributed by atoms with Crippen molar-refractivity contribution in [1.82, 2.24) is 20.1 Å². The Morgan fingerprint density at radius 3 is 2.78 bits per heavy atom. The molecular formula is C17H20N4O2. The van der Waals surface area contributed by atoms with Crippen molar-refractivity contribution in [2.24, 2.45) is 0 Å². The van der Waals surface area contributed by atoms with Crippen LogP contribution < -0.4 is 10.9 Å². The van der Waals surface area contributed by atoms with E-state index in [2.05, 4.69) is 15.4 Å². The second-order valence-electron chi connectivity index (χ2n) is 5.91. The number of aromatic nitrogens is 3. The van der Waals surface area contributed by atoms with E-state index >= 15 is 0 Å². The molecule has 2 heterocycles. The van der Waals surface area contributed by atoms with Gasteiger partial charge >= 0.3 is 0 Å². The van der Waals surface area contributed by atoms with E-state index in [1.807, 2.05) is 12.1 Å². The minimum absolute atomic E-state index is 0.158. The van der Waals surface area contributed by atoms with Gasteiger partial charge in [0, 0.05) is 30.1 Å². The summed E-state index contributed by atoms with van der Waals surface area (Å²) >= 11 is 0. The first-order valence-corrected chi connectivity index (χ1v) is 7.96. The van der Waals surface area contributed by atoms with Crippen LogP contribution in [0.1, 0.15) is 38.6 Å². The van der Waals surface area contributed by atoms with Crippen molar-refractivity contribution in [2.75, 3.05) is 0 Å². The molecule has 0 bridgehead atoms. The normalized spacial score (nSPS) is 16.2. The van der Waals surface area contributed by atoms with Gasteiger partial charge in [-0.2, -0.15) is 5.10 Å². The van der Waals surface area contributed by atoms with Crippen LogP contribution >= 0.6 is 0 Å². The van der Waals surface area contributed by atoms with Crippen molar-refractivity contribution >= 4 is 5.91 Å². The molecule has 1 saturated carbocycles. The summed E-state index contributed by atoms with van der Waals surface area (Å²) in [5.41, 5.74) is 1.15. The zero-order valence-electron chi connectivity index (χ0n) is 13.1. The van der Waals surface area contributed by atoms with E-state index in [-0.39, 0.29) is 17.5 Å². The Morgan fingerprint density at radius 1 is 1.30 bits per heavy atom. The van der Waals surface area contributed by atoms with Crippen LogP contribution in [0.3, 0.4) is 0 Å². The Bertz CT molecular complexity index is 736. The Labute approximate surface area is 134 Å². The highest BCUT2D eigenvalue weighted by Crippen LogP contribution is 2.19. The number of carbonyl (C=O) groups excluding carboxylic acids is 1. The zero-order valence-corrected chi connectivity index (χ0v) is 13.1. The SMILES string of the molecule is CC(C(=O)NC1CCCC1)n1nc(-c2cccnc2)ccc1=O. The van der Waals surface area contributed by atoms with Crippen LogP contribution in [-0.4, -0.2) is 26.7 Å². The molecule has 1 N–H and O–H groups in total. The van der Waals surface area contributed by atoms with Gasteiger partial charge in [-0.15, -0.1) is 0 Å². The highest BCUT2D eigenvalue weighted by molar-refractivity contribution is 5.80. The van der Waals surface area contributed by atoms with E-state index in [0.717, 1.165) is 31.2 Å². The van der Waals surface area contributed by atoms with Gasteiger partial charge in [-0.1, -0.05) is 12.8 Å². The maximum atomic E-state index is 12.4. The standard InChI is InChI=1S/C17H20N4O2/c1-12(17(23)19-14-6-2-3-7-14)21-16(22)9-8-15(20-21)13-5-4-10-18-11-13/h4-5,8-12,14H,2-3,6-7H2,1H3,(H,19,23). The summed E-state index contributed by atoms with van der Waals surface area (Å²) in [6, 6.07) is 6.35. The van der Waals surface area contributed by atoms with Crippen molar-refractivity contribution in [3.8, 4) is 11.3 Å². The molecule has 120 valence electrons. The van der Waals surface area contributed by atoms with E-state index in [0.29, 0.717) is 5.69 Å². The fourth-order valence-electron chi connectivity index (χ4n) is 2.87. The summed E-state index contributed by atoms with van der Waals surface area (Å²) in [5, 5.41) is 7.35. The Morgan fingerprint density at radius 2 is 2.09 bits per heavy atom. The van der Waals surface area contributed by atoms with E-state index < -0.39 is 6.04 Å². The predicted molar refractivity (Wildman–Crippen MR) is 86.8 cm³/mol. The van der Waals surface area contributed by atoms with Crippen molar-refractivity contribution in [3.05, 3.63) is 47.0 Å². The van der Waals surface area contributed by atoms with Gasteiger partial charge in [0.1, 0.15) is 6.04 Å². The van der Waals surface area contributed by atoms with Gasteiger partial charge in [-0.3, -0.25) is 14.6 Å². The van der Waals surface area contributed by atoms with Gasteiger partial charge in [0.25, 0.3) is 5.56 Å².